The van der Waals surface area contributed by atoms with Gasteiger partial charge in [-0.15, -0.1) is 0 Å². The number of nitrogen functional groups attached to an aromatic ring is 1. The van der Waals surface area contributed by atoms with E-state index in [1.54, 1.807) is 0 Å². The highest BCUT2D eigenvalue weighted by molar-refractivity contribution is 7.22. The lowest BCUT2D eigenvalue weighted by molar-refractivity contribution is -0.138. The third-order valence-electron chi connectivity index (χ3n) is 2.54. The number of rotatable bonds is 3. The van der Waals surface area contributed by atoms with E-state index in [0.717, 1.165) is 15.8 Å². The summed E-state index contributed by atoms with van der Waals surface area (Å²) in [5, 5.41) is 9.58. The maximum Gasteiger partial charge on any atom is 0.310 e. The molecule has 1 unspecified atom stereocenters. The van der Waals surface area contributed by atoms with Crippen molar-refractivity contribution in [3.05, 3.63) is 23.8 Å². The summed E-state index contributed by atoms with van der Waals surface area (Å²) in [6.45, 7) is 1.87. The average Bonchev–Trinajstić information content (AvgIpc) is 2.57. The molecule has 0 spiro atoms. The Hall–Kier alpha value is -1.62. The minimum atomic E-state index is -0.792. The summed E-state index contributed by atoms with van der Waals surface area (Å²) in [7, 11) is 0. The number of carboxylic acids is 1. The van der Waals surface area contributed by atoms with Gasteiger partial charge in [-0.1, -0.05) is 24.3 Å². The molecule has 5 heteroatoms. The Morgan fingerprint density at radius 2 is 2.38 bits per heavy atom. The minimum absolute atomic E-state index is 0.451. The van der Waals surface area contributed by atoms with Gasteiger partial charge in [-0.3, -0.25) is 4.79 Å². The normalized spacial score (nSPS) is 12.8. The highest BCUT2D eigenvalue weighted by Gasteiger charge is 2.18. The summed E-state index contributed by atoms with van der Waals surface area (Å²) in [6.07, 6.45) is 0.578. The molecule has 3 N–H and O–H groups in total. The summed E-state index contributed by atoms with van der Waals surface area (Å²) in [4.78, 5) is 15.2. The van der Waals surface area contributed by atoms with Crippen LogP contribution in [0.25, 0.3) is 10.2 Å². The number of nitrogens with zero attached hydrogens (tertiary/aromatic N) is 1. The Morgan fingerprint density at radius 1 is 1.62 bits per heavy atom. The van der Waals surface area contributed by atoms with Gasteiger partial charge in [0.05, 0.1) is 16.1 Å². The summed E-state index contributed by atoms with van der Waals surface area (Å²) in [5.74, 6) is -1.24. The molecule has 2 rings (SSSR count). The topological polar surface area (TPSA) is 76.2 Å². The van der Waals surface area contributed by atoms with Crippen molar-refractivity contribution in [3.63, 3.8) is 0 Å². The minimum Gasteiger partial charge on any atom is -0.481 e. The van der Waals surface area contributed by atoms with Gasteiger partial charge in [-0.25, -0.2) is 4.98 Å². The first-order valence-corrected chi connectivity index (χ1v) is 5.82. The second-order valence-electron chi connectivity index (χ2n) is 3.58. The lowest BCUT2D eigenvalue weighted by Gasteiger charge is -2.09. The van der Waals surface area contributed by atoms with Crippen LogP contribution in [0, 0.1) is 0 Å². The van der Waals surface area contributed by atoms with Crippen LogP contribution in [-0.2, 0) is 4.79 Å². The van der Waals surface area contributed by atoms with E-state index < -0.39 is 11.9 Å². The Bertz CT molecular complexity index is 536. The number of hydrogen-bond acceptors (Lipinski definition) is 4. The lowest BCUT2D eigenvalue weighted by Crippen LogP contribution is -2.10. The monoisotopic (exact) mass is 236 g/mol. The molecule has 2 aromatic rings. The molecular weight excluding hydrogens is 224 g/mol. The number of nitrogens with two attached hydrogens (primary N) is 1. The van der Waals surface area contributed by atoms with E-state index in [-0.39, 0.29) is 0 Å². The largest absolute Gasteiger partial charge is 0.481 e. The number of anilines is 1. The maximum absolute atomic E-state index is 11.0. The fourth-order valence-electron chi connectivity index (χ4n) is 1.73. The number of carboxylic acid groups (broad SMARTS) is 1. The van der Waals surface area contributed by atoms with Crippen LogP contribution in [0.1, 0.15) is 24.8 Å². The zero-order valence-electron chi connectivity index (χ0n) is 8.80. The molecule has 0 bridgehead atoms. The van der Waals surface area contributed by atoms with Gasteiger partial charge >= 0.3 is 5.97 Å². The van der Waals surface area contributed by atoms with Crippen LogP contribution in [0.15, 0.2) is 18.2 Å². The average molecular weight is 236 g/mol. The van der Waals surface area contributed by atoms with Crippen LogP contribution in [0.3, 0.4) is 0 Å². The number of benzene rings is 1. The number of thiazole rings is 1. The highest BCUT2D eigenvalue weighted by Crippen LogP contribution is 2.28. The van der Waals surface area contributed by atoms with Crippen molar-refractivity contribution < 1.29 is 9.90 Å². The summed E-state index contributed by atoms with van der Waals surface area (Å²) >= 11 is 1.38. The van der Waals surface area contributed by atoms with Crippen LogP contribution in [0.4, 0.5) is 5.13 Å². The Morgan fingerprint density at radius 3 is 3.00 bits per heavy atom. The smallest absolute Gasteiger partial charge is 0.310 e. The molecule has 1 heterocycles. The standard InChI is InChI=1S/C11H12N2O2S/c1-2-7(10(14)15)6-3-4-8-9(5-6)16-11(12)13-8/h3-5,7H,2H2,1H3,(H2,12,13)(H,14,15). The number of carbonyl (C=O) groups is 1. The van der Waals surface area contributed by atoms with E-state index in [1.165, 1.54) is 11.3 Å². The molecule has 0 saturated heterocycles. The maximum atomic E-state index is 11.0. The van der Waals surface area contributed by atoms with E-state index in [4.69, 9.17) is 10.8 Å². The Labute approximate surface area is 96.7 Å². The summed E-state index contributed by atoms with van der Waals surface area (Å²) in [6, 6.07) is 5.50. The van der Waals surface area contributed by atoms with Crippen LogP contribution >= 0.6 is 11.3 Å². The van der Waals surface area contributed by atoms with Crippen LogP contribution in [0.2, 0.25) is 0 Å². The first kappa shape index (κ1) is 10.9. The molecule has 1 aromatic carbocycles. The van der Waals surface area contributed by atoms with Crippen molar-refractivity contribution >= 4 is 32.7 Å². The molecule has 1 atom stereocenters. The summed E-state index contributed by atoms with van der Waals surface area (Å²) < 4.78 is 0.940. The van der Waals surface area contributed by atoms with Gasteiger partial charge in [-0.05, 0) is 24.1 Å². The number of aromatic nitrogens is 1. The van der Waals surface area contributed by atoms with Crippen molar-refractivity contribution in [2.75, 3.05) is 5.73 Å². The van der Waals surface area contributed by atoms with Crippen molar-refractivity contribution in [1.29, 1.82) is 0 Å². The van der Waals surface area contributed by atoms with Gasteiger partial charge in [0.15, 0.2) is 5.13 Å². The molecule has 16 heavy (non-hydrogen) atoms. The van der Waals surface area contributed by atoms with Gasteiger partial charge in [-0.2, -0.15) is 0 Å². The quantitative estimate of drug-likeness (QED) is 0.858. The van der Waals surface area contributed by atoms with Gasteiger partial charge < -0.3 is 10.8 Å². The van der Waals surface area contributed by atoms with Crippen LogP contribution < -0.4 is 5.73 Å². The van der Waals surface area contributed by atoms with Gasteiger partial charge in [0, 0.05) is 0 Å². The number of aliphatic carboxylic acids is 1. The van der Waals surface area contributed by atoms with E-state index >= 15 is 0 Å². The highest BCUT2D eigenvalue weighted by atomic mass is 32.1. The lowest BCUT2D eigenvalue weighted by atomic mass is 9.97. The predicted molar refractivity (Wildman–Crippen MR) is 64.7 cm³/mol. The van der Waals surface area contributed by atoms with E-state index in [1.807, 2.05) is 25.1 Å². The van der Waals surface area contributed by atoms with E-state index in [0.29, 0.717) is 11.6 Å². The first-order chi connectivity index (χ1) is 7.61. The molecule has 0 saturated carbocycles. The Kier molecular flexibility index (Phi) is 2.78. The van der Waals surface area contributed by atoms with Crippen molar-refractivity contribution in [2.24, 2.45) is 0 Å². The Balaban J connectivity index is 2.48. The third kappa shape index (κ3) is 1.86. The summed E-state index contributed by atoms with van der Waals surface area (Å²) in [5.41, 5.74) is 7.24. The molecule has 0 radical (unpaired) electrons. The molecule has 0 aliphatic heterocycles. The second-order valence-corrected chi connectivity index (χ2v) is 4.64. The van der Waals surface area contributed by atoms with Gasteiger partial charge in [0.25, 0.3) is 0 Å². The fourth-order valence-corrected chi connectivity index (χ4v) is 2.51. The van der Waals surface area contributed by atoms with E-state index in [2.05, 4.69) is 4.98 Å². The van der Waals surface area contributed by atoms with Crippen molar-refractivity contribution in [3.8, 4) is 0 Å². The molecule has 84 valence electrons. The van der Waals surface area contributed by atoms with Crippen LogP contribution in [-0.4, -0.2) is 16.1 Å². The number of hydrogen-bond donors (Lipinski definition) is 2. The third-order valence-corrected chi connectivity index (χ3v) is 3.39. The molecule has 1 aromatic heterocycles. The molecule has 0 amide bonds. The zero-order chi connectivity index (χ0) is 11.7. The predicted octanol–water partition coefficient (Wildman–Crippen LogP) is 2.46. The SMILES string of the molecule is CCC(C(=O)O)c1ccc2nc(N)sc2c1. The second kappa shape index (κ2) is 4.09. The number of fused-ring (bicyclic) bond motifs is 1. The fraction of sp³-hybridized carbons (Fsp3) is 0.273. The van der Waals surface area contributed by atoms with E-state index in [9.17, 15) is 4.79 Å². The van der Waals surface area contributed by atoms with Crippen molar-refractivity contribution in [2.45, 2.75) is 19.3 Å². The zero-order valence-corrected chi connectivity index (χ0v) is 9.62. The molecule has 4 nitrogen and oxygen atoms in total. The molecular formula is C11H12N2O2S. The van der Waals surface area contributed by atoms with Gasteiger partial charge in [0.2, 0.25) is 0 Å². The molecule has 0 aliphatic rings. The first-order valence-electron chi connectivity index (χ1n) is 5.00. The van der Waals surface area contributed by atoms with Crippen LogP contribution in [0.5, 0.6) is 0 Å². The molecule has 0 fully saturated rings. The van der Waals surface area contributed by atoms with Crippen molar-refractivity contribution in [1.82, 2.24) is 4.98 Å². The molecule has 0 aliphatic carbocycles. The van der Waals surface area contributed by atoms with Gasteiger partial charge in [0.1, 0.15) is 0 Å².